The molecule has 13 heavy (non-hydrogen) atoms. The minimum Gasteiger partial charge on any atom is -0.289 e. The van der Waals surface area contributed by atoms with E-state index in [9.17, 15) is 4.79 Å². The van der Waals surface area contributed by atoms with Crippen molar-refractivity contribution in [3.05, 3.63) is 23.3 Å². The van der Waals surface area contributed by atoms with Gasteiger partial charge in [0.25, 0.3) is 0 Å². The van der Waals surface area contributed by atoms with E-state index in [1.54, 1.807) is 0 Å². The Labute approximate surface area is 80.5 Å². The molecule has 1 fully saturated rings. The van der Waals surface area contributed by atoms with Gasteiger partial charge in [0.05, 0.1) is 0 Å². The van der Waals surface area contributed by atoms with Crippen LogP contribution in [0.3, 0.4) is 0 Å². The summed E-state index contributed by atoms with van der Waals surface area (Å²) >= 11 is 0. The largest absolute Gasteiger partial charge is 0.289 e. The lowest BCUT2D eigenvalue weighted by Gasteiger charge is -2.12. The van der Waals surface area contributed by atoms with E-state index < -0.39 is 0 Å². The van der Waals surface area contributed by atoms with Gasteiger partial charge in [-0.1, -0.05) is 32.9 Å². The maximum absolute atomic E-state index is 11.7. The molecule has 1 aliphatic rings. The van der Waals surface area contributed by atoms with Crippen molar-refractivity contribution < 1.29 is 4.79 Å². The molecule has 0 spiro atoms. The molecule has 0 aromatic heterocycles. The molecule has 0 saturated heterocycles. The molecule has 1 nitrogen and oxygen atoms in total. The average Bonchev–Trinajstić information content (AvgIpc) is 2.30. The van der Waals surface area contributed by atoms with Gasteiger partial charge in [0.1, 0.15) is 0 Å². The number of hydrogen-bond donors (Lipinski definition) is 0. The Morgan fingerprint density at radius 3 is 2.08 bits per heavy atom. The Kier molecular flexibility index (Phi) is 2.74. The highest BCUT2D eigenvalue weighted by Gasteiger charge is 2.23. The molecule has 0 heterocycles. The Hall–Kier alpha value is -0.850. The molecule has 0 aromatic rings. The summed E-state index contributed by atoms with van der Waals surface area (Å²) in [5.41, 5.74) is 2.10. The van der Waals surface area contributed by atoms with Gasteiger partial charge in [-0.25, -0.2) is 0 Å². The highest BCUT2D eigenvalue weighted by molar-refractivity contribution is 6.10. The Bertz CT molecular complexity index is 274. The summed E-state index contributed by atoms with van der Waals surface area (Å²) < 4.78 is 0. The monoisotopic (exact) mass is 178 g/mol. The molecule has 1 rings (SSSR count). The predicted molar refractivity (Wildman–Crippen MR) is 55.5 cm³/mol. The maximum Gasteiger partial charge on any atom is 0.184 e. The quantitative estimate of drug-likeness (QED) is 0.520. The van der Waals surface area contributed by atoms with E-state index in [0.717, 1.165) is 24.0 Å². The van der Waals surface area contributed by atoms with Crippen LogP contribution in [0.1, 0.15) is 40.5 Å². The van der Waals surface area contributed by atoms with Gasteiger partial charge >= 0.3 is 0 Å². The molecule has 0 atom stereocenters. The van der Waals surface area contributed by atoms with Crippen LogP contribution < -0.4 is 0 Å². The molecule has 1 saturated carbocycles. The molecular weight excluding hydrogens is 160 g/mol. The number of carbonyl (C=O) groups excluding carboxylic acids is 1. The van der Waals surface area contributed by atoms with E-state index in [4.69, 9.17) is 0 Å². The summed E-state index contributed by atoms with van der Waals surface area (Å²) in [6.45, 7) is 8.32. The fourth-order valence-corrected chi connectivity index (χ4v) is 1.64. The van der Waals surface area contributed by atoms with Gasteiger partial charge in [-0.2, -0.15) is 0 Å². The van der Waals surface area contributed by atoms with Crippen molar-refractivity contribution in [3.8, 4) is 0 Å². The lowest BCUT2D eigenvalue weighted by molar-refractivity contribution is -0.111. The van der Waals surface area contributed by atoms with Crippen LogP contribution in [0.5, 0.6) is 0 Å². The van der Waals surface area contributed by atoms with E-state index in [1.807, 2.05) is 13.0 Å². The number of hydrogen-bond acceptors (Lipinski definition) is 1. The Morgan fingerprint density at radius 1 is 1.15 bits per heavy atom. The lowest BCUT2D eigenvalue weighted by Crippen LogP contribution is -2.04. The van der Waals surface area contributed by atoms with E-state index in [2.05, 4.69) is 26.8 Å². The Balaban J connectivity index is 2.88. The number of allylic oxidation sites excluding steroid dienone is 4. The van der Waals surface area contributed by atoms with Gasteiger partial charge in [0.2, 0.25) is 0 Å². The van der Waals surface area contributed by atoms with Crippen LogP contribution in [0, 0.1) is 5.41 Å². The van der Waals surface area contributed by atoms with E-state index in [1.165, 1.54) is 0 Å². The van der Waals surface area contributed by atoms with Gasteiger partial charge in [-0.3, -0.25) is 4.79 Å². The van der Waals surface area contributed by atoms with Crippen molar-refractivity contribution in [1.82, 2.24) is 0 Å². The second-order valence-corrected chi connectivity index (χ2v) is 4.68. The third-order valence-electron chi connectivity index (χ3n) is 2.20. The second-order valence-electron chi connectivity index (χ2n) is 4.68. The van der Waals surface area contributed by atoms with Crippen molar-refractivity contribution in [1.29, 1.82) is 0 Å². The maximum atomic E-state index is 11.7. The van der Waals surface area contributed by atoms with Gasteiger partial charge in [-0.05, 0) is 36.3 Å². The van der Waals surface area contributed by atoms with E-state index >= 15 is 0 Å². The predicted octanol–water partition coefficient (Wildman–Crippen LogP) is 3.27. The third kappa shape index (κ3) is 2.55. The standard InChI is InChI=1S/C12H18O/c1-5-9-6-7-10(11(9)13)8-12(2,3)4/h5,8H,6-7H2,1-4H3/b9-5+,10-8+. The normalized spacial score (nSPS) is 24.8. The topological polar surface area (TPSA) is 17.1 Å². The number of rotatable bonds is 0. The SMILES string of the molecule is C/C=C1\CC/C(=C\C(C)(C)C)C1=O. The second kappa shape index (κ2) is 3.49. The number of ketones is 1. The first-order valence-corrected chi connectivity index (χ1v) is 4.85. The van der Waals surface area contributed by atoms with E-state index in [0.29, 0.717) is 0 Å². The van der Waals surface area contributed by atoms with Crippen LogP contribution in [-0.2, 0) is 4.79 Å². The van der Waals surface area contributed by atoms with Crippen LogP contribution in [0.15, 0.2) is 23.3 Å². The highest BCUT2D eigenvalue weighted by atomic mass is 16.1. The molecule has 0 unspecified atom stereocenters. The molecule has 1 heteroatoms. The molecule has 0 bridgehead atoms. The first-order valence-electron chi connectivity index (χ1n) is 4.85. The van der Waals surface area contributed by atoms with Gasteiger partial charge in [-0.15, -0.1) is 0 Å². The summed E-state index contributed by atoms with van der Waals surface area (Å²) in [6, 6.07) is 0. The van der Waals surface area contributed by atoms with Gasteiger partial charge in [0.15, 0.2) is 5.78 Å². The first kappa shape index (κ1) is 10.2. The van der Waals surface area contributed by atoms with E-state index in [-0.39, 0.29) is 11.2 Å². The van der Waals surface area contributed by atoms with Crippen LogP contribution in [0.4, 0.5) is 0 Å². The van der Waals surface area contributed by atoms with Crippen LogP contribution >= 0.6 is 0 Å². The Morgan fingerprint density at radius 2 is 1.69 bits per heavy atom. The molecule has 0 aromatic carbocycles. The first-order chi connectivity index (χ1) is 5.94. The number of Topliss-reactive ketones (excluding diaryl/α,β-unsaturated/α-hetero) is 1. The molecule has 0 aliphatic heterocycles. The summed E-state index contributed by atoms with van der Waals surface area (Å²) in [7, 11) is 0. The highest BCUT2D eigenvalue weighted by Crippen LogP contribution is 2.29. The fraction of sp³-hybridized carbons (Fsp3) is 0.583. The van der Waals surface area contributed by atoms with Crippen LogP contribution in [0.2, 0.25) is 0 Å². The molecule has 0 N–H and O–H groups in total. The minimum atomic E-state index is 0.119. The zero-order valence-electron chi connectivity index (χ0n) is 8.98. The van der Waals surface area contributed by atoms with Crippen LogP contribution in [-0.4, -0.2) is 5.78 Å². The number of carbonyl (C=O) groups is 1. The summed E-state index contributed by atoms with van der Waals surface area (Å²) in [4.78, 5) is 11.7. The molecule has 1 aliphatic carbocycles. The lowest BCUT2D eigenvalue weighted by atomic mass is 9.92. The van der Waals surface area contributed by atoms with Crippen LogP contribution in [0.25, 0.3) is 0 Å². The van der Waals surface area contributed by atoms with Crippen molar-refractivity contribution in [2.45, 2.75) is 40.5 Å². The third-order valence-corrected chi connectivity index (χ3v) is 2.20. The van der Waals surface area contributed by atoms with Gasteiger partial charge in [0, 0.05) is 0 Å². The molecule has 72 valence electrons. The fourth-order valence-electron chi connectivity index (χ4n) is 1.64. The van der Waals surface area contributed by atoms with Crippen molar-refractivity contribution >= 4 is 5.78 Å². The summed E-state index contributed by atoms with van der Waals surface area (Å²) in [6.07, 6.45) is 5.89. The molecular formula is C12H18O. The zero-order chi connectivity index (χ0) is 10.1. The summed E-state index contributed by atoms with van der Waals surface area (Å²) in [5.74, 6) is 0.262. The average molecular weight is 178 g/mol. The zero-order valence-corrected chi connectivity index (χ0v) is 8.98. The van der Waals surface area contributed by atoms with Crippen molar-refractivity contribution in [2.75, 3.05) is 0 Å². The smallest absolute Gasteiger partial charge is 0.184 e. The molecule has 0 radical (unpaired) electrons. The molecule has 0 amide bonds. The van der Waals surface area contributed by atoms with Crippen molar-refractivity contribution in [2.24, 2.45) is 5.41 Å². The van der Waals surface area contributed by atoms with Crippen molar-refractivity contribution in [3.63, 3.8) is 0 Å². The summed E-state index contributed by atoms with van der Waals surface area (Å²) in [5, 5.41) is 0. The van der Waals surface area contributed by atoms with Gasteiger partial charge < -0.3 is 0 Å². The minimum absolute atomic E-state index is 0.119.